The Morgan fingerprint density at radius 3 is 2.48 bits per heavy atom. The van der Waals surface area contributed by atoms with Crippen molar-refractivity contribution >= 4 is 40.0 Å². The monoisotopic (exact) mass is 494 g/mol. The van der Waals surface area contributed by atoms with Crippen molar-refractivity contribution in [3.63, 3.8) is 0 Å². The van der Waals surface area contributed by atoms with E-state index < -0.39 is 23.1 Å². The lowest BCUT2D eigenvalue weighted by Crippen LogP contribution is -2.27. The van der Waals surface area contributed by atoms with Gasteiger partial charge >= 0.3 is 0 Å². The normalized spacial score (nSPS) is 10.5. The molecule has 0 atom stereocenters. The molecule has 2 aromatic carbocycles. The smallest absolute Gasteiger partial charge is 0.263 e. The lowest BCUT2D eigenvalue weighted by atomic mass is 10.1. The molecular formula is C21H20F2N4O4S2. The zero-order chi connectivity index (χ0) is 23.8. The van der Waals surface area contributed by atoms with E-state index in [1.165, 1.54) is 6.07 Å². The minimum absolute atomic E-state index is 0.0685. The number of methoxy groups -OCH3 is 2. The number of hydrogen-bond donors (Lipinski definition) is 2. The van der Waals surface area contributed by atoms with Crippen LogP contribution >= 0.6 is 23.1 Å². The number of thioether (sulfide) groups is 1. The standard InChI is InChI=1S/C21H20F2N4O4S2/c1-30-15-7-6-12(10-16(15)31-2)8-9-24-17(28)11-32-21-27-26-20(33-21)25-19(29)18-13(22)4-3-5-14(18)23/h3-7,10H,8-9,11H2,1-2H3,(H,24,28)(H,25,26,29). The molecule has 0 saturated carbocycles. The number of ether oxygens (including phenoxy) is 2. The van der Waals surface area contributed by atoms with Crippen LogP contribution in [0, 0.1) is 11.6 Å². The third-order valence-electron chi connectivity index (χ3n) is 4.33. The number of nitrogens with zero attached hydrogens (tertiary/aromatic N) is 2. The summed E-state index contributed by atoms with van der Waals surface area (Å²) >= 11 is 2.13. The minimum atomic E-state index is -0.976. The van der Waals surface area contributed by atoms with E-state index in [-0.39, 0.29) is 16.8 Å². The first-order valence-corrected chi connectivity index (χ1v) is 11.4. The van der Waals surface area contributed by atoms with E-state index in [1.807, 2.05) is 12.1 Å². The molecule has 0 saturated heterocycles. The molecule has 0 aliphatic carbocycles. The van der Waals surface area contributed by atoms with Crippen LogP contribution in [-0.2, 0) is 11.2 Å². The molecule has 0 bridgehead atoms. The van der Waals surface area contributed by atoms with Crippen LogP contribution in [0.2, 0.25) is 0 Å². The van der Waals surface area contributed by atoms with Crippen LogP contribution in [0.25, 0.3) is 0 Å². The van der Waals surface area contributed by atoms with Crippen molar-refractivity contribution in [2.24, 2.45) is 0 Å². The zero-order valence-electron chi connectivity index (χ0n) is 17.7. The summed E-state index contributed by atoms with van der Waals surface area (Å²) in [5, 5.41) is 12.8. The predicted molar refractivity (Wildman–Crippen MR) is 121 cm³/mol. The average Bonchev–Trinajstić information content (AvgIpc) is 3.24. The number of halogens is 2. The molecule has 3 rings (SSSR count). The highest BCUT2D eigenvalue weighted by molar-refractivity contribution is 8.01. The molecule has 33 heavy (non-hydrogen) atoms. The SMILES string of the molecule is COc1ccc(CCNC(=O)CSc2nnc(NC(=O)c3c(F)cccc3F)s2)cc1OC. The summed E-state index contributed by atoms with van der Waals surface area (Å²) in [5.74, 6) is -1.77. The second-order valence-corrected chi connectivity index (χ2v) is 8.70. The van der Waals surface area contributed by atoms with Crippen molar-refractivity contribution in [3.05, 3.63) is 59.2 Å². The molecule has 2 N–H and O–H groups in total. The second-order valence-electron chi connectivity index (χ2n) is 6.50. The van der Waals surface area contributed by atoms with Gasteiger partial charge in [0.15, 0.2) is 15.8 Å². The van der Waals surface area contributed by atoms with Crippen molar-refractivity contribution in [3.8, 4) is 11.5 Å². The fourth-order valence-corrected chi connectivity index (χ4v) is 4.33. The van der Waals surface area contributed by atoms with E-state index in [9.17, 15) is 18.4 Å². The molecule has 0 aliphatic rings. The number of amides is 2. The summed E-state index contributed by atoms with van der Waals surface area (Å²) < 4.78 is 38.3. The largest absolute Gasteiger partial charge is 0.493 e. The molecule has 0 aliphatic heterocycles. The Morgan fingerprint density at radius 1 is 1.06 bits per heavy atom. The van der Waals surface area contributed by atoms with Gasteiger partial charge in [-0.15, -0.1) is 10.2 Å². The maximum atomic E-state index is 13.7. The highest BCUT2D eigenvalue weighted by Gasteiger charge is 2.19. The Kier molecular flexibility index (Phi) is 8.55. The second kappa shape index (κ2) is 11.6. The fourth-order valence-electron chi connectivity index (χ4n) is 2.75. The maximum absolute atomic E-state index is 13.7. The predicted octanol–water partition coefficient (Wildman–Crippen LogP) is 3.54. The first-order chi connectivity index (χ1) is 15.9. The lowest BCUT2D eigenvalue weighted by molar-refractivity contribution is -0.118. The summed E-state index contributed by atoms with van der Waals surface area (Å²) in [6.07, 6.45) is 0.609. The molecule has 0 fully saturated rings. The van der Waals surface area contributed by atoms with Crippen LogP contribution in [0.5, 0.6) is 11.5 Å². The van der Waals surface area contributed by atoms with Crippen LogP contribution in [0.4, 0.5) is 13.9 Å². The number of aromatic nitrogens is 2. The van der Waals surface area contributed by atoms with Gasteiger partial charge in [0.2, 0.25) is 11.0 Å². The van der Waals surface area contributed by atoms with Crippen molar-refractivity contribution in [1.29, 1.82) is 0 Å². The van der Waals surface area contributed by atoms with Crippen LogP contribution < -0.4 is 20.1 Å². The highest BCUT2D eigenvalue weighted by atomic mass is 32.2. The zero-order valence-corrected chi connectivity index (χ0v) is 19.3. The average molecular weight is 495 g/mol. The van der Waals surface area contributed by atoms with Gasteiger partial charge in [0.25, 0.3) is 5.91 Å². The number of rotatable bonds is 10. The van der Waals surface area contributed by atoms with Gasteiger partial charge in [0.05, 0.1) is 20.0 Å². The van der Waals surface area contributed by atoms with Gasteiger partial charge in [0, 0.05) is 6.54 Å². The molecule has 3 aromatic rings. The summed E-state index contributed by atoms with van der Waals surface area (Å²) in [6, 6.07) is 8.70. The first kappa shape index (κ1) is 24.4. The number of anilines is 1. The third-order valence-corrected chi connectivity index (χ3v) is 6.30. The molecule has 12 heteroatoms. The van der Waals surface area contributed by atoms with Gasteiger partial charge in [-0.25, -0.2) is 8.78 Å². The molecular weight excluding hydrogens is 474 g/mol. The van der Waals surface area contributed by atoms with Gasteiger partial charge in [0.1, 0.15) is 17.2 Å². The third kappa shape index (κ3) is 6.62. The Labute approximate surface area is 196 Å². The lowest BCUT2D eigenvalue weighted by Gasteiger charge is -2.10. The number of carbonyl (C=O) groups is 2. The van der Waals surface area contributed by atoms with Crippen LogP contribution in [0.3, 0.4) is 0 Å². The molecule has 0 unspecified atom stereocenters. The Hall–Kier alpha value is -3.25. The summed E-state index contributed by atoms with van der Waals surface area (Å²) in [4.78, 5) is 24.2. The number of nitrogens with one attached hydrogen (secondary N) is 2. The molecule has 1 aromatic heterocycles. The summed E-state index contributed by atoms with van der Waals surface area (Å²) in [5.41, 5.74) is 0.284. The fraction of sp³-hybridized carbons (Fsp3) is 0.238. The number of benzene rings is 2. The first-order valence-electron chi connectivity index (χ1n) is 9.60. The molecule has 174 valence electrons. The summed E-state index contributed by atoms with van der Waals surface area (Å²) in [6.45, 7) is 0.431. The Bertz CT molecular complexity index is 1120. The van der Waals surface area contributed by atoms with Gasteiger partial charge in [-0.2, -0.15) is 0 Å². The van der Waals surface area contributed by atoms with Crippen molar-refractivity contribution in [2.45, 2.75) is 10.8 Å². The van der Waals surface area contributed by atoms with Crippen molar-refractivity contribution in [2.75, 3.05) is 31.8 Å². The van der Waals surface area contributed by atoms with Crippen LogP contribution in [-0.4, -0.2) is 48.5 Å². The number of carbonyl (C=O) groups excluding carboxylic acids is 2. The van der Waals surface area contributed by atoms with E-state index in [1.54, 1.807) is 20.3 Å². The van der Waals surface area contributed by atoms with E-state index >= 15 is 0 Å². The summed E-state index contributed by atoms with van der Waals surface area (Å²) in [7, 11) is 3.12. The molecule has 0 spiro atoms. The molecule has 0 radical (unpaired) electrons. The van der Waals surface area contributed by atoms with E-state index in [0.29, 0.717) is 28.8 Å². The topological polar surface area (TPSA) is 102 Å². The quantitative estimate of drug-likeness (QED) is 0.328. The van der Waals surface area contributed by atoms with Crippen LogP contribution in [0.15, 0.2) is 40.7 Å². The van der Waals surface area contributed by atoms with Gasteiger partial charge in [-0.1, -0.05) is 35.2 Å². The Balaban J connectivity index is 1.44. The van der Waals surface area contributed by atoms with E-state index in [0.717, 1.165) is 40.8 Å². The molecule has 8 nitrogen and oxygen atoms in total. The van der Waals surface area contributed by atoms with E-state index in [2.05, 4.69) is 20.8 Å². The van der Waals surface area contributed by atoms with E-state index in [4.69, 9.17) is 9.47 Å². The van der Waals surface area contributed by atoms with Crippen LogP contribution in [0.1, 0.15) is 15.9 Å². The molecule has 2 amide bonds. The minimum Gasteiger partial charge on any atom is -0.493 e. The van der Waals surface area contributed by atoms with Gasteiger partial charge in [-0.3, -0.25) is 14.9 Å². The number of hydrogen-bond acceptors (Lipinski definition) is 8. The van der Waals surface area contributed by atoms with Crippen molar-refractivity contribution < 1.29 is 27.8 Å². The van der Waals surface area contributed by atoms with Gasteiger partial charge in [-0.05, 0) is 36.2 Å². The van der Waals surface area contributed by atoms with Crippen molar-refractivity contribution in [1.82, 2.24) is 15.5 Å². The van der Waals surface area contributed by atoms with Gasteiger partial charge < -0.3 is 14.8 Å². The highest BCUT2D eigenvalue weighted by Crippen LogP contribution is 2.28. The molecule has 1 heterocycles. The Morgan fingerprint density at radius 2 is 1.79 bits per heavy atom. The maximum Gasteiger partial charge on any atom is 0.263 e.